The Morgan fingerprint density at radius 1 is 1.39 bits per heavy atom. The Kier molecular flexibility index (Phi) is 3.41. The first kappa shape index (κ1) is 12.7. The summed E-state index contributed by atoms with van der Waals surface area (Å²) in [6.07, 6.45) is -1.53. The van der Waals surface area contributed by atoms with Gasteiger partial charge in [0.05, 0.1) is 5.69 Å². The van der Waals surface area contributed by atoms with E-state index in [2.05, 4.69) is 4.98 Å². The Labute approximate surface area is 103 Å². The highest BCUT2D eigenvalue weighted by Gasteiger charge is 2.45. The van der Waals surface area contributed by atoms with Gasteiger partial charge >= 0.3 is 6.18 Å². The van der Waals surface area contributed by atoms with Crippen molar-refractivity contribution in [2.45, 2.75) is 31.5 Å². The smallest absolute Gasteiger partial charge is 0.357 e. The molecule has 1 saturated heterocycles. The van der Waals surface area contributed by atoms with Gasteiger partial charge in [0.25, 0.3) is 0 Å². The van der Waals surface area contributed by atoms with Crippen LogP contribution in [-0.4, -0.2) is 23.7 Å². The first-order valence-electron chi connectivity index (χ1n) is 5.72. The molecular weight excluding hydrogens is 243 g/mol. The van der Waals surface area contributed by atoms with E-state index in [9.17, 15) is 13.2 Å². The Balaban J connectivity index is 2.38. The van der Waals surface area contributed by atoms with E-state index in [1.807, 2.05) is 6.07 Å². The summed E-state index contributed by atoms with van der Waals surface area (Å²) in [5, 5.41) is 8.92. The van der Waals surface area contributed by atoms with Crippen molar-refractivity contribution in [1.29, 1.82) is 5.26 Å². The van der Waals surface area contributed by atoms with Crippen LogP contribution in [0.15, 0.2) is 18.3 Å². The zero-order valence-electron chi connectivity index (χ0n) is 9.61. The SMILES string of the molecule is N#Cc1ncccc1N1CCCCC1C(F)(F)F. The lowest BCUT2D eigenvalue weighted by Gasteiger charge is -2.38. The van der Waals surface area contributed by atoms with Gasteiger partial charge in [-0.05, 0) is 31.4 Å². The van der Waals surface area contributed by atoms with Gasteiger partial charge in [-0.2, -0.15) is 18.4 Å². The van der Waals surface area contributed by atoms with Crippen molar-refractivity contribution >= 4 is 5.69 Å². The number of aromatic nitrogens is 1. The van der Waals surface area contributed by atoms with Gasteiger partial charge in [0.1, 0.15) is 12.1 Å². The first-order valence-corrected chi connectivity index (χ1v) is 5.72. The second kappa shape index (κ2) is 4.84. The minimum atomic E-state index is -4.27. The molecule has 6 heteroatoms. The quantitative estimate of drug-likeness (QED) is 0.774. The van der Waals surface area contributed by atoms with Crippen molar-refractivity contribution < 1.29 is 13.2 Å². The molecule has 1 unspecified atom stereocenters. The van der Waals surface area contributed by atoms with E-state index in [-0.39, 0.29) is 17.8 Å². The van der Waals surface area contributed by atoms with Crippen molar-refractivity contribution in [2.75, 3.05) is 11.4 Å². The van der Waals surface area contributed by atoms with Gasteiger partial charge < -0.3 is 4.90 Å². The molecule has 0 amide bonds. The number of piperidine rings is 1. The molecule has 1 aromatic heterocycles. The number of nitriles is 1. The maximum atomic E-state index is 13.0. The third-order valence-electron chi connectivity index (χ3n) is 3.08. The second-order valence-electron chi connectivity index (χ2n) is 4.23. The lowest BCUT2D eigenvalue weighted by atomic mass is 10.0. The predicted molar refractivity (Wildman–Crippen MR) is 60.0 cm³/mol. The second-order valence-corrected chi connectivity index (χ2v) is 4.23. The van der Waals surface area contributed by atoms with Crippen LogP contribution in [0, 0.1) is 11.3 Å². The average Bonchev–Trinajstić information content (AvgIpc) is 2.37. The van der Waals surface area contributed by atoms with E-state index in [4.69, 9.17) is 5.26 Å². The van der Waals surface area contributed by atoms with Gasteiger partial charge in [-0.15, -0.1) is 0 Å². The van der Waals surface area contributed by atoms with Crippen LogP contribution in [0.5, 0.6) is 0 Å². The van der Waals surface area contributed by atoms with E-state index in [1.165, 1.54) is 17.2 Å². The van der Waals surface area contributed by atoms with Crippen molar-refractivity contribution in [3.8, 4) is 6.07 Å². The third kappa shape index (κ3) is 2.40. The molecule has 0 bridgehead atoms. The Morgan fingerprint density at radius 2 is 2.17 bits per heavy atom. The van der Waals surface area contributed by atoms with Crippen LogP contribution in [0.1, 0.15) is 25.0 Å². The number of hydrogen-bond donors (Lipinski definition) is 0. The van der Waals surface area contributed by atoms with E-state index in [0.29, 0.717) is 19.4 Å². The summed E-state index contributed by atoms with van der Waals surface area (Å²) in [7, 11) is 0. The van der Waals surface area contributed by atoms with E-state index in [1.54, 1.807) is 6.07 Å². The summed E-state index contributed by atoms with van der Waals surface area (Å²) in [6.45, 7) is 0.310. The molecule has 0 saturated carbocycles. The average molecular weight is 255 g/mol. The number of hydrogen-bond acceptors (Lipinski definition) is 3. The van der Waals surface area contributed by atoms with Crippen molar-refractivity contribution in [3.63, 3.8) is 0 Å². The lowest BCUT2D eigenvalue weighted by molar-refractivity contribution is -0.152. The van der Waals surface area contributed by atoms with Gasteiger partial charge in [-0.3, -0.25) is 0 Å². The molecule has 2 heterocycles. The van der Waals surface area contributed by atoms with Crippen LogP contribution in [0.3, 0.4) is 0 Å². The van der Waals surface area contributed by atoms with Crippen molar-refractivity contribution in [2.24, 2.45) is 0 Å². The Morgan fingerprint density at radius 3 is 2.83 bits per heavy atom. The molecule has 0 aromatic carbocycles. The molecule has 0 radical (unpaired) electrons. The summed E-state index contributed by atoms with van der Waals surface area (Å²) >= 11 is 0. The standard InChI is InChI=1S/C12H12F3N3/c13-12(14,15)11-5-1-2-7-18(11)10-4-3-6-17-9(10)8-16/h3-4,6,11H,1-2,5,7H2. The van der Waals surface area contributed by atoms with E-state index >= 15 is 0 Å². The van der Waals surface area contributed by atoms with Gasteiger partial charge in [-0.1, -0.05) is 0 Å². The molecule has 1 aliphatic heterocycles. The molecule has 1 aliphatic rings. The first-order chi connectivity index (χ1) is 8.54. The van der Waals surface area contributed by atoms with Gasteiger partial charge in [0, 0.05) is 12.7 Å². The molecule has 1 fully saturated rings. The molecule has 0 N–H and O–H groups in total. The van der Waals surface area contributed by atoms with Crippen LogP contribution >= 0.6 is 0 Å². The molecular formula is C12H12F3N3. The summed E-state index contributed by atoms with van der Waals surface area (Å²) in [4.78, 5) is 5.08. The van der Waals surface area contributed by atoms with Crippen LogP contribution in [0.2, 0.25) is 0 Å². The molecule has 1 atom stereocenters. The van der Waals surface area contributed by atoms with Gasteiger partial charge in [0.2, 0.25) is 0 Å². The number of nitrogens with zero attached hydrogens (tertiary/aromatic N) is 3. The van der Waals surface area contributed by atoms with Gasteiger partial charge in [0.15, 0.2) is 5.69 Å². The molecule has 18 heavy (non-hydrogen) atoms. The molecule has 2 rings (SSSR count). The van der Waals surface area contributed by atoms with Gasteiger partial charge in [-0.25, -0.2) is 4.98 Å². The highest BCUT2D eigenvalue weighted by atomic mass is 19.4. The summed E-state index contributed by atoms with van der Waals surface area (Å²) in [5.41, 5.74) is 0.329. The fourth-order valence-electron chi connectivity index (χ4n) is 2.27. The van der Waals surface area contributed by atoms with E-state index in [0.717, 1.165) is 0 Å². The molecule has 3 nitrogen and oxygen atoms in total. The van der Waals surface area contributed by atoms with Crippen molar-refractivity contribution in [3.05, 3.63) is 24.0 Å². The maximum absolute atomic E-state index is 13.0. The summed E-state index contributed by atoms with van der Waals surface area (Å²) in [5.74, 6) is 0. The fourth-order valence-corrected chi connectivity index (χ4v) is 2.27. The number of halogens is 3. The van der Waals surface area contributed by atoms with Crippen LogP contribution < -0.4 is 4.90 Å². The zero-order valence-corrected chi connectivity index (χ0v) is 9.61. The van der Waals surface area contributed by atoms with Crippen LogP contribution in [0.25, 0.3) is 0 Å². The predicted octanol–water partition coefficient (Wildman–Crippen LogP) is 2.87. The minimum Gasteiger partial charge on any atom is -0.357 e. The molecule has 96 valence electrons. The maximum Gasteiger partial charge on any atom is 0.408 e. The molecule has 1 aromatic rings. The lowest BCUT2D eigenvalue weighted by Crippen LogP contribution is -2.49. The largest absolute Gasteiger partial charge is 0.408 e. The zero-order chi connectivity index (χ0) is 13.2. The topological polar surface area (TPSA) is 39.9 Å². The number of anilines is 1. The highest BCUT2D eigenvalue weighted by Crippen LogP contribution is 2.35. The molecule has 0 aliphatic carbocycles. The minimum absolute atomic E-state index is 0.0497. The van der Waals surface area contributed by atoms with Crippen LogP contribution in [-0.2, 0) is 0 Å². The highest BCUT2D eigenvalue weighted by molar-refractivity contribution is 5.56. The number of pyridine rings is 1. The summed E-state index contributed by atoms with van der Waals surface area (Å²) < 4.78 is 38.9. The summed E-state index contributed by atoms with van der Waals surface area (Å²) in [6, 6.07) is 3.41. The third-order valence-corrected chi connectivity index (χ3v) is 3.08. The Bertz CT molecular complexity index is 464. The normalized spacial score (nSPS) is 20.6. The monoisotopic (exact) mass is 255 g/mol. The van der Waals surface area contributed by atoms with Crippen molar-refractivity contribution in [1.82, 2.24) is 4.98 Å². The van der Waals surface area contributed by atoms with E-state index < -0.39 is 12.2 Å². The molecule has 0 spiro atoms. The fraction of sp³-hybridized carbons (Fsp3) is 0.500. The number of rotatable bonds is 1. The van der Waals surface area contributed by atoms with Crippen LogP contribution in [0.4, 0.5) is 18.9 Å². The number of alkyl halides is 3. The Hall–Kier alpha value is -1.77.